The van der Waals surface area contributed by atoms with Gasteiger partial charge in [0.25, 0.3) is 0 Å². The van der Waals surface area contributed by atoms with Crippen molar-refractivity contribution >= 4 is 29.0 Å². The van der Waals surface area contributed by atoms with Gasteiger partial charge in [0, 0.05) is 18.1 Å². The van der Waals surface area contributed by atoms with Crippen molar-refractivity contribution in [3.63, 3.8) is 0 Å². The van der Waals surface area contributed by atoms with E-state index in [4.69, 9.17) is 0 Å². The second-order valence-electron chi connectivity index (χ2n) is 4.95. The predicted octanol–water partition coefficient (Wildman–Crippen LogP) is 4.22. The van der Waals surface area contributed by atoms with E-state index in [1.807, 2.05) is 18.4 Å². The van der Waals surface area contributed by atoms with E-state index in [2.05, 4.69) is 4.98 Å². The second kappa shape index (κ2) is 7.35. The topological polar surface area (TPSA) is 33.2 Å². The van der Waals surface area contributed by atoms with Crippen LogP contribution in [0.4, 0.5) is 13.2 Å². The monoisotopic (exact) mass is 360 g/mol. The van der Waals surface area contributed by atoms with Crippen LogP contribution in [-0.4, -0.2) is 28.6 Å². The molecule has 0 unspecified atom stereocenters. The van der Waals surface area contributed by atoms with Gasteiger partial charge in [0.05, 0.1) is 22.9 Å². The third kappa shape index (κ3) is 4.97. The van der Waals surface area contributed by atoms with E-state index < -0.39 is 11.7 Å². The Kier molecular flexibility index (Phi) is 5.69. The molecule has 2 rings (SSSR count). The van der Waals surface area contributed by atoms with Crippen LogP contribution < -0.4 is 0 Å². The Hall–Kier alpha value is -1.54. The molecule has 0 fully saturated rings. The first-order valence-electron chi connectivity index (χ1n) is 6.70. The van der Waals surface area contributed by atoms with E-state index in [1.54, 1.807) is 23.3 Å². The standard InChI is InChI=1S/C15H15F3N2OS2/c1-10-5-6-22-12(10)8-20(2)14(21)9-23-13-4-3-11(7-19-13)15(16,17)18/h3-7H,8-9H2,1-2H3. The number of aromatic nitrogens is 1. The largest absolute Gasteiger partial charge is 0.417 e. The Labute approximate surface area is 140 Å². The van der Waals surface area contributed by atoms with Crippen LogP contribution >= 0.6 is 23.1 Å². The number of thiophene rings is 1. The molecule has 0 radical (unpaired) electrons. The summed E-state index contributed by atoms with van der Waals surface area (Å²) < 4.78 is 37.3. The van der Waals surface area contributed by atoms with E-state index in [0.717, 1.165) is 34.5 Å². The summed E-state index contributed by atoms with van der Waals surface area (Å²) in [5.74, 6) is 0.0451. The van der Waals surface area contributed by atoms with Crippen molar-refractivity contribution in [1.82, 2.24) is 9.88 Å². The lowest BCUT2D eigenvalue weighted by atomic mass is 10.3. The van der Waals surface area contributed by atoms with Crippen LogP contribution in [0.25, 0.3) is 0 Å². The Bertz CT molecular complexity index is 668. The first-order valence-corrected chi connectivity index (χ1v) is 8.57. The van der Waals surface area contributed by atoms with Gasteiger partial charge in [-0.05, 0) is 36.1 Å². The molecule has 0 aliphatic carbocycles. The van der Waals surface area contributed by atoms with Crippen LogP contribution in [0.3, 0.4) is 0 Å². The van der Waals surface area contributed by atoms with Gasteiger partial charge in [-0.15, -0.1) is 11.3 Å². The molecule has 8 heteroatoms. The zero-order valence-electron chi connectivity index (χ0n) is 12.6. The molecule has 0 N–H and O–H groups in total. The fourth-order valence-electron chi connectivity index (χ4n) is 1.75. The van der Waals surface area contributed by atoms with E-state index in [-0.39, 0.29) is 11.7 Å². The van der Waals surface area contributed by atoms with E-state index in [0.29, 0.717) is 11.6 Å². The molecule has 23 heavy (non-hydrogen) atoms. The highest BCUT2D eigenvalue weighted by Crippen LogP contribution is 2.29. The van der Waals surface area contributed by atoms with Crippen LogP contribution in [0.15, 0.2) is 34.8 Å². The molecule has 2 aromatic rings. The van der Waals surface area contributed by atoms with Gasteiger partial charge in [-0.2, -0.15) is 13.2 Å². The normalized spacial score (nSPS) is 11.5. The quantitative estimate of drug-likeness (QED) is 0.749. The van der Waals surface area contributed by atoms with Gasteiger partial charge in [0.2, 0.25) is 5.91 Å². The number of amides is 1. The number of hydrogen-bond donors (Lipinski definition) is 0. The minimum Gasteiger partial charge on any atom is -0.340 e. The van der Waals surface area contributed by atoms with Crippen molar-refractivity contribution in [3.8, 4) is 0 Å². The number of carbonyl (C=O) groups is 1. The maximum Gasteiger partial charge on any atom is 0.417 e. The van der Waals surface area contributed by atoms with Crippen molar-refractivity contribution in [2.45, 2.75) is 24.7 Å². The van der Waals surface area contributed by atoms with Gasteiger partial charge >= 0.3 is 6.18 Å². The van der Waals surface area contributed by atoms with Crippen molar-refractivity contribution in [3.05, 3.63) is 45.8 Å². The summed E-state index contributed by atoms with van der Waals surface area (Å²) in [7, 11) is 1.71. The van der Waals surface area contributed by atoms with Gasteiger partial charge in [0.1, 0.15) is 0 Å². The van der Waals surface area contributed by atoms with E-state index >= 15 is 0 Å². The van der Waals surface area contributed by atoms with Crippen molar-refractivity contribution in [2.75, 3.05) is 12.8 Å². The Balaban J connectivity index is 1.87. The molecular weight excluding hydrogens is 345 g/mol. The van der Waals surface area contributed by atoms with Crippen molar-refractivity contribution in [1.29, 1.82) is 0 Å². The maximum absolute atomic E-state index is 12.4. The molecule has 0 saturated heterocycles. The number of nitrogens with zero attached hydrogens (tertiary/aromatic N) is 2. The molecule has 0 aliphatic rings. The Morgan fingerprint density at radius 1 is 1.35 bits per heavy atom. The third-order valence-electron chi connectivity index (χ3n) is 3.18. The lowest BCUT2D eigenvalue weighted by Crippen LogP contribution is -2.27. The summed E-state index contributed by atoms with van der Waals surface area (Å²) in [6, 6.07) is 4.25. The molecule has 3 nitrogen and oxygen atoms in total. The lowest BCUT2D eigenvalue weighted by molar-refractivity contribution is -0.138. The van der Waals surface area contributed by atoms with Crippen molar-refractivity contribution in [2.24, 2.45) is 0 Å². The summed E-state index contributed by atoms with van der Waals surface area (Å²) >= 11 is 2.72. The fraction of sp³-hybridized carbons (Fsp3) is 0.333. The van der Waals surface area contributed by atoms with Crippen molar-refractivity contribution < 1.29 is 18.0 Å². The Morgan fingerprint density at radius 3 is 2.61 bits per heavy atom. The zero-order valence-corrected chi connectivity index (χ0v) is 14.2. The number of thioether (sulfide) groups is 1. The molecule has 0 aliphatic heterocycles. The number of aryl methyl sites for hydroxylation is 1. The molecular formula is C15H15F3N2OS2. The number of pyridine rings is 1. The Morgan fingerprint density at radius 2 is 2.09 bits per heavy atom. The fourth-order valence-corrected chi connectivity index (χ4v) is 3.49. The molecule has 0 bridgehead atoms. The van der Waals surface area contributed by atoms with Gasteiger partial charge < -0.3 is 4.90 Å². The summed E-state index contributed by atoms with van der Waals surface area (Å²) in [5.41, 5.74) is 0.352. The average Bonchev–Trinajstić information content (AvgIpc) is 2.89. The van der Waals surface area contributed by atoms with Crippen LogP contribution in [-0.2, 0) is 17.5 Å². The second-order valence-corrected chi connectivity index (χ2v) is 6.94. The maximum atomic E-state index is 12.4. The summed E-state index contributed by atoms with van der Waals surface area (Å²) in [6.45, 7) is 2.52. The molecule has 1 amide bonds. The molecule has 0 aromatic carbocycles. The van der Waals surface area contributed by atoms with Gasteiger partial charge in [-0.1, -0.05) is 11.8 Å². The number of rotatable bonds is 5. The number of hydrogen-bond acceptors (Lipinski definition) is 4. The van der Waals surface area contributed by atoms with E-state index in [1.165, 1.54) is 6.07 Å². The highest BCUT2D eigenvalue weighted by molar-refractivity contribution is 7.99. The molecule has 2 aromatic heterocycles. The van der Waals surface area contributed by atoms with Gasteiger partial charge in [-0.3, -0.25) is 4.79 Å². The molecule has 124 valence electrons. The van der Waals surface area contributed by atoms with Crippen LogP contribution in [0, 0.1) is 6.92 Å². The molecule has 0 saturated carbocycles. The number of halogens is 3. The molecule has 0 spiro atoms. The van der Waals surface area contributed by atoms with Gasteiger partial charge in [-0.25, -0.2) is 4.98 Å². The van der Waals surface area contributed by atoms with Crippen LogP contribution in [0.1, 0.15) is 16.0 Å². The highest BCUT2D eigenvalue weighted by atomic mass is 32.2. The number of carbonyl (C=O) groups excluding carboxylic acids is 1. The molecule has 0 atom stereocenters. The minimum atomic E-state index is -4.40. The third-order valence-corrected chi connectivity index (χ3v) is 5.12. The first kappa shape index (κ1) is 17.8. The SMILES string of the molecule is Cc1ccsc1CN(C)C(=O)CSc1ccc(C(F)(F)F)cn1. The highest BCUT2D eigenvalue weighted by Gasteiger charge is 2.30. The summed E-state index contributed by atoms with van der Waals surface area (Å²) in [6.07, 6.45) is -3.61. The summed E-state index contributed by atoms with van der Waals surface area (Å²) in [5, 5.41) is 2.37. The lowest BCUT2D eigenvalue weighted by Gasteiger charge is -2.16. The minimum absolute atomic E-state index is 0.0931. The summed E-state index contributed by atoms with van der Waals surface area (Å²) in [4.78, 5) is 18.6. The molecule has 2 heterocycles. The number of alkyl halides is 3. The van der Waals surface area contributed by atoms with Crippen LogP contribution in [0.5, 0.6) is 0 Å². The van der Waals surface area contributed by atoms with E-state index in [9.17, 15) is 18.0 Å². The smallest absolute Gasteiger partial charge is 0.340 e. The predicted molar refractivity (Wildman–Crippen MR) is 85.5 cm³/mol. The van der Waals surface area contributed by atoms with Gasteiger partial charge in [0.15, 0.2) is 0 Å². The van der Waals surface area contributed by atoms with Crippen LogP contribution in [0.2, 0.25) is 0 Å². The zero-order chi connectivity index (χ0) is 17.0. The first-order chi connectivity index (χ1) is 10.8. The average molecular weight is 360 g/mol.